The third-order valence-corrected chi connectivity index (χ3v) is 3.80. The lowest BCUT2D eigenvalue weighted by molar-refractivity contribution is 0.475. The number of pyridine rings is 1. The summed E-state index contributed by atoms with van der Waals surface area (Å²) in [5.41, 5.74) is 5.32. The molecule has 0 atom stereocenters. The van der Waals surface area contributed by atoms with E-state index in [1.807, 2.05) is 24.4 Å². The van der Waals surface area contributed by atoms with Crippen LogP contribution >= 0.6 is 0 Å². The van der Waals surface area contributed by atoms with Crippen molar-refractivity contribution in [1.29, 1.82) is 0 Å². The Balaban J connectivity index is 1.72. The van der Waals surface area contributed by atoms with Crippen molar-refractivity contribution in [2.45, 2.75) is 0 Å². The number of aromatic hydroxyl groups is 1. The highest BCUT2D eigenvalue weighted by atomic mass is 16.3. The van der Waals surface area contributed by atoms with Crippen molar-refractivity contribution in [2.24, 2.45) is 0 Å². The van der Waals surface area contributed by atoms with E-state index in [2.05, 4.69) is 40.3 Å². The van der Waals surface area contributed by atoms with E-state index in [1.54, 1.807) is 18.3 Å². The number of hydrogen-bond donors (Lipinski definition) is 2. The topological polar surface area (TPSA) is 48.9 Å². The predicted molar refractivity (Wildman–Crippen MR) is 88.6 cm³/mol. The first kappa shape index (κ1) is 12.7. The van der Waals surface area contributed by atoms with E-state index < -0.39 is 0 Å². The fraction of sp³-hybridized carbons (Fsp3) is 0. The molecule has 0 amide bonds. The number of hydrogen-bond acceptors (Lipinski definition) is 2. The Labute approximate surface area is 127 Å². The van der Waals surface area contributed by atoms with Gasteiger partial charge in [-0.05, 0) is 41.0 Å². The molecule has 0 aliphatic heterocycles. The molecule has 0 aliphatic carbocycles. The van der Waals surface area contributed by atoms with Crippen molar-refractivity contribution < 1.29 is 5.11 Å². The molecule has 0 saturated heterocycles. The van der Waals surface area contributed by atoms with Crippen molar-refractivity contribution in [3.05, 3.63) is 73.1 Å². The van der Waals surface area contributed by atoms with Crippen molar-refractivity contribution >= 4 is 10.9 Å². The number of aromatic nitrogens is 2. The SMILES string of the molecule is Oc1cccc(-c2ccc(-c3cc4ccncc4[nH]3)cc2)c1. The van der Waals surface area contributed by atoms with Crippen molar-refractivity contribution in [1.82, 2.24) is 9.97 Å². The molecule has 0 fully saturated rings. The van der Waals surface area contributed by atoms with Crippen LogP contribution in [-0.2, 0) is 0 Å². The fourth-order valence-corrected chi connectivity index (χ4v) is 2.66. The first-order valence-corrected chi connectivity index (χ1v) is 7.12. The maximum absolute atomic E-state index is 9.58. The van der Waals surface area contributed by atoms with E-state index >= 15 is 0 Å². The second-order valence-corrected chi connectivity index (χ2v) is 5.27. The van der Waals surface area contributed by atoms with Gasteiger partial charge in [-0.3, -0.25) is 4.98 Å². The van der Waals surface area contributed by atoms with Gasteiger partial charge in [-0.25, -0.2) is 0 Å². The molecule has 0 radical (unpaired) electrons. The quantitative estimate of drug-likeness (QED) is 0.565. The van der Waals surface area contributed by atoms with Gasteiger partial charge in [0.05, 0.1) is 11.7 Å². The minimum Gasteiger partial charge on any atom is -0.508 e. The first-order chi connectivity index (χ1) is 10.8. The normalized spacial score (nSPS) is 10.9. The Morgan fingerprint density at radius 1 is 0.818 bits per heavy atom. The number of nitrogens with one attached hydrogen (secondary N) is 1. The van der Waals surface area contributed by atoms with E-state index in [-0.39, 0.29) is 5.75 Å². The molecule has 0 aliphatic rings. The van der Waals surface area contributed by atoms with Gasteiger partial charge >= 0.3 is 0 Å². The van der Waals surface area contributed by atoms with Gasteiger partial charge in [0, 0.05) is 17.3 Å². The van der Waals surface area contributed by atoms with Gasteiger partial charge in [-0.2, -0.15) is 0 Å². The Bertz CT molecular complexity index is 906. The summed E-state index contributed by atoms with van der Waals surface area (Å²) < 4.78 is 0. The van der Waals surface area contributed by atoms with Crippen molar-refractivity contribution in [3.63, 3.8) is 0 Å². The second-order valence-electron chi connectivity index (χ2n) is 5.27. The maximum Gasteiger partial charge on any atom is 0.116 e. The highest BCUT2D eigenvalue weighted by molar-refractivity contribution is 5.85. The lowest BCUT2D eigenvalue weighted by Crippen LogP contribution is -1.80. The number of nitrogens with zero attached hydrogens (tertiary/aromatic N) is 1. The van der Waals surface area contributed by atoms with Gasteiger partial charge < -0.3 is 10.1 Å². The van der Waals surface area contributed by atoms with Crippen LogP contribution in [0.2, 0.25) is 0 Å². The fourth-order valence-electron chi connectivity index (χ4n) is 2.66. The number of phenolic OH excluding ortho intramolecular Hbond substituents is 1. The molecule has 4 rings (SSSR count). The monoisotopic (exact) mass is 286 g/mol. The summed E-state index contributed by atoms with van der Waals surface area (Å²) in [5.74, 6) is 0.282. The van der Waals surface area contributed by atoms with Gasteiger partial charge in [0.1, 0.15) is 5.75 Å². The minimum atomic E-state index is 0.282. The zero-order chi connectivity index (χ0) is 14.9. The number of benzene rings is 2. The minimum absolute atomic E-state index is 0.282. The smallest absolute Gasteiger partial charge is 0.116 e. The van der Waals surface area contributed by atoms with Crippen LogP contribution in [0, 0.1) is 0 Å². The van der Waals surface area contributed by atoms with Crippen LogP contribution in [-0.4, -0.2) is 15.1 Å². The highest BCUT2D eigenvalue weighted by Crippen LogP contribution is 2.28. The van der Waals surface area contributed by atoms with E-state index in [4.69, 9.17) is 0 Å². The summed E-state index contributed by atoms with van der Waals surface area (Å²) in [5, 5.41) is 10.7. The Kier molecular flexibility index (Phi) is 2.90. The van der Waals surface area contributed by atoms with E-state index in [0.717, 1.165) is 33.3 Å². The molecule has 0 bridgehead atoms. The van der Waals surface area contributed by atoms with Crippen LogP contribution in [0.5, 0.6) is 5.75 Å². The van der Waals surface area contributed by atoms with Gasteiger partial charge in [0.2, 0.25) is 0 Å². The van der Waals surface area contributed by atoms with Crippen LogP contribution in [0.4, 0.5) is 0 Å². The summed E-state index contributed by atoms with van der Waals surface area (Å²) in [7, 11) is 0. The van der Waals surface area contributed by atoms with Crippen molar-refractivity contribution in [2.75, 3.05) is 0 Å². The van der Waals surface area contributed by atoms with E-state index in [0.29, 0.717) is 0 Å². The number of aromatic amines is 1. The zero-order valence-corrected chi connectivity index (χ0v) is 11.8. The number of fused-ring (bicyclic) bond motifs is 1. The summed E-state index contributed by atoms with van der Waals surface area (Å²) >= 11 is 0. The van der Waals surface area contributed by atoms with Gasteiger partial charge in [-0.15, -0.1) is 0 Å². The molecule has 3 heteroatoms. The molecule has 0 unspecified atom stereocenters. The first-order valence-electron chi connectivity index (χ1n) is 7.12. The maximum atomic E-state index is 9.58. The Morgan fingerprint density at radius 3 is 2.41 bits per heavy atom. The molecule has 2 heterocycles. The predicted octanol–water partition coefficient (Wildman–Crippen LogP) is 4.60. The summed E-state index contributed by atoms with van der Waals surface area (Å²) in [4.78, 5) is 7.50. The van der Waals surface area contributed by atoms with Crippen molar-refractivity contribution in [3.8, 4) is 28.1 Å². The zero-order valence-electron chi connectivity index (χ0n) is 11.8. The van der Waals surface area contributed by atoms with Crippen LogP contribution in [0.1, 0.15) is 0 Å². The number of phenols is 1. The molecule has 4 aromatic rings. The van der Waals surface area contributed by atoms with Crippen LogP contribution in [0.25, 0.3) is 33.3 Å². The second kappa shape index (κ2) is 5.04. The van der Waals surface area contributed by atoms with Crippen LogP contribution in [0.3, 0.4) is 0 Å². The lowest BCUT2D eigenvalue weighted by atomic mass is 10.0. The molecule has 0 saturated carbocycles. The van der Waals surface area contributed by atoms with Crippen LogP contribution < -0.4 is 0 Å². The van der Waals surface area contributed by atoms with E-state index in [1.165, 1.54) is 0 Å². The molecule has 106 valence electrons. The van der Waals surface area contributed by atoms with Crippen LogP contribution in [0.15, 0.2) is 73.1 Å². The molecule has 2 N–H and O–H groups in total. The molecular weight excluding hydrogens is 272 g/mol. The van der Waals surface area contributed by atoms with Gasteiger partial charge in [0.15, 0.2) is 0 Å². The highest BCUT2D eigenvalue weighted by Gasteiger charge is 2.04. The Hall–Kier alpha value is -3.07. The number of rotatable bonds is 2. The average molecular weight is 286 g/mol. The number of H-pyrrole nitrogens is 1. The summed E-state index contributed by atoms with van der Waals surface area (Å²) in [6.07, 6.45) is 3.63. The Morgan fingerprint density at radius 2 is 1.64 bits per heavy atom. The third-order valence-electron chi connectivity index (χ3n) is 3.80. The standard InChI is InChI=1S/C19H14N2O/c22-17-3-1-2-15(10-17)13-4-6-14(7-5-13)18-11-16-8-9-20-12-19(16)21-18/h1-12,21-22H. The summed E-state index contributed by atoms with van der Waals surface area (Å²) in [6, 6.07) is 19.7. The molecule has 3 nitrogen and oxygen atoms in total. The molecule has 22 heavy (non-hydrogen) atoms. The van der Waals surface area contributed by atoms with Gasteiger partial charge in [-0.1, -0.05) is 36.4 Å². The molecule has 2 aromatic carbocycles. The largest absolute Gasteiger partial charge is 0.508 e. The van der Waals surface area contributed by atoms with Gasteiger partial charge in [0.25, 0.3) is 0 Å². The lowest BCUT2D eigenvalue weighted by Gasteiger charge is -2.04. The summed E-state index contributed by atoms with van der Waals surface area (Å²) in [6.45, 7) is 0. The third kappa shape index (κ3) is 2.23. The average Bonchev–Trinajstić information content (AvgIpc) is 2.99. The molecular formula is C19H14N2O. The molecule has 2 aromatic heterocycles. The van der Waals surface area contributed by atoms with E-state index in [9.17, 15) is 5.11 Å². The molecule has 0 spiro atoms.